The normalized spacial score (nSPS) is 11.1. The van der Waals surface area contributed by atoms with Gasteiger partial charge in [0, 0.05) is 5.56 Å². The summed E-state index contributed by atoms with van der Waals surface area (Å²) in [6.07, 6.45) is 0. The summed E-state index contributed by atoms with van der Waals surface area (Å²) in [6, 6.07) is 0. The maximum Gasteiger partial charge on any atom is 0.163 e. The highest BCUT2D eigenvalue weighted by atomic mass is 127. The van der Waals surface area contributed by atoms with Crippen LogP contribution in [0.4, 0.5) is 0 Å². The first-order valence-corrected chi connectivity index (χ1v) is 5.03. The minimum Gasteiger partial charge on any atom is -0.219 e. The molecule has 4 nitrogen and oxygen atoms in total. The highest BCUT2D eigenvalue weighted by Gasteiger charge is 2.09. The second kappa shape index (κ2) is 2.90. The molecule has 0 radical (unpaired) electrons. The summed E-state index contributed by atoms with van der Waals surface area (Å²) < 4.78 is 2.77. The van der Waals surface area contributed by atoms with Crippen molar-refractivity contribution in [3.05, 3.63) is 20.9 Å². The topological polar surface area (TPSA) is 43.1 Å². The fourth-order valence-electron chi connectivity index (χ4n) is 1.28. The van der Waals surface area contributed by atoms with Crippen molar-refractivity contribution >= 4 is 28.2 Å². The van der Waals surface area contributed by atoms with Gasteiger partial charge in [-0.05, 0) is 43.4 Å². The van der Waals surface area contributed by atoms with Gasteiger partial charge < -0.3 is 0 Å². The fraction of sp³-hybridized carbons (Fsp3) is 0.375. The Kier molecular flexibility index (Phi) is 1.98. The highest BCUT2D eigenvalue weighted by Crippen LogP contribution is 2.15. The molecule has 0 amide bonds. The lowest BCUT2D eigenvalue weighted by molar-refractivity contribution is 0.811. The molecule has 5 heteroatoms. The maximum atomic E-state index is 4.34. The Labute approximate surface area is 89.5 Å². The zero-order valence-corrected chi connectivity index (χ0v) is 9.82. The first kappa shape index (κ1) is 8.86. The largest absolute Gasteiger partial charge is 0.219 e. The molecule has 0 saturated carbocycles. The molecule has 0 fully saturated rings. The van der Waals surface area contributed by atoms with E-state index in [1.165, 1.54) is 0 Å². The van der Waals surface area contributed by atoms with Gasteiger partial charge in [-0.3, -0.25) is 0 Å². The number of aromatic nitrogens is 4. The van der Waals surface area contributed by atoms with Crippen molar-refractivity contribution in [3.63, 3.8) is 0 Å². The van der Waals surface area contributed by atoms with Gasteiger partial charge in [-0.25, -0.2) is 9.97 Å². The second-order valence-electron chi connectivity index (χ2n) is 2.97. The third-order valence-electron chi connectivity index (χ3n) is 1.93. The number of rotatable bonds is 0. The summed E-state index contributed by atoms with van der Waals surface area (Å²) in [6.45, 7) is 5.85. The van der Waals surface area contributed by atoms with Gasteiger partial charge in [0.1, 0.15) is 15.3 Å². The van der Waals surface area contributed by atoms with Crippen LogP contribution in [0.15, 0.2) is 0 Å². The molecule has 2 heterocycles. The highest BCUT2D eigenvalue weighted by molar-refractivity contribution is 14.1. The van der Waals surface area contributed by atoms with Crippen LogP contribution in [0.2, 0.25) is 0 Å². The molecular weight excluding hydrogens is 279 g/mol. The van der Waals surface area contributed by atoms with Crippen LogP contribution in [0, 0.1) is 24.5 Å². The van der Waals surface area contributed by atoms with Crippen LogP contribution in [0.5, 0.6) is 0 Å². The first-order chi connectivity index (χ1) is 6.09. The van der Waals surface area contributed by atoms with Gasteiger partial charge in [0.05, 0.1) is 0 Å². The van der Waals surface area contributed by atoms with Gasteiger partial charge in [0.15, 0.2) is 5.65 Å². The molecule has 0 aromatic carbocycles. The van der Waals surface area contributed by atoms with E-state index in [9.17, 15) is 0 Å². The Morgan fingerprint density at radius 1 is 1.15 bits per heavy atom. The van der Waals surface area contributed by atoms with Gasteiger partial charge in [0.25, 0.3) is 0 Å². The quantitative estimate of drug-likeness (QED) is 0.692. The lowest BCUT2D eigenvalue weighted by Crippen LogP contribution is -2.01. The van der Waals surface area contributed by atoms with Crippen molar-refractivity contribution < 1.29 is 0 Å². The molecule has 0 unspecified atom stereocenters. The first-order valence-electron chi connectivity index (χ1n) is 3.95. The Balaban J connectivity index is 2.94. The molecule has 0 aliphatic rings. The van der Waals surface area contributed by atoms with Crippen LogP contribution in [0.3, 0.4) is 0 Å². The molecule has 0 bridgehead atoms. The van der Waals surface area contributed by atoms with Crippen LogP contribution in [0.25, 0.3) is 5.65 Å². The summed E-state index contributed by atoms with van der Waals surface area (Å²) in [5.74, 6) is 1.68. The third-order valence-corrected chi connectivity index (χ3v) is 2.96. The number of aryl methyl sites for hydroxylation is 3. The van der Waals surface area contributed by atoms with E-state index < -0.39 is 0 Å². The molecule has 68 valence electrons. The molecule has 0 aliphatic carbocycles. The number of hydrogen-bond acceptors (Lipinski definition) is 3. The minimum absolute atomic E-state index is 0.796. The van der Waals surface area contributed by atoms with Gasteiger partial charge in [-0.2, -0.15) is 9.61 Å². The van der Waals surface area contributed by atoms with Crippen molar-refractivity contribution in [2.75, 3.05) is 0 Å². The zero-order chi connectivity index (χ0) is 9.59. The molecule has 0 N–H and O–H groups in total. The molecule has 2 aromatic heterocycles. The summed E-state index contributed by atoms with van der Waals surface area (Å²) in [5.41, 5.74) is 2.03. The van der Waals surface area contributed by atoms with Crippen molar-refractivity contribution in [2.24, 2.45) is 0 Å². The van der Waals surface area contributed by atoms with Crippen LogP contribution in [-0.4, -0.2) is 19.6 Å². The number of fused-ring (bicyclic) bond motifs is 1. The van der Waals surface area contributed by atoms with Crippen molar-refractivity contribution in [1.29, 1.82) is 0 Å². The molecule has 0 atom stereocenters. The second-order valence-corrected chi connectivity index (χ2v) is 3.99. The van der Waals surface area contributed by atoms with Gasteiger partial charge in [-0.15, -0.1) is 0 Å². The SMILES string of the molecule is Cc1nc(C)n2nc(I)c(C)c2n1. The molecule has 13 heavy (non-hydrogen) atoms. The predicted octanol–water partition coefficient (Wildman–Crippen LogP) is 1.65. The van der Waals surface area contributed by atoms with Crippen LogP contribution >= 0.6 is 22.6 Å². The molecular formula is C8H9IN4. The molecule has 0 spiro atoms. The summed E-state index contributed by atoms with van der Waals surface area (Å²) >= 11 is 2.21. The fourth-order valence-corrected chi connectivity index (χ4v) is 1.73. The van der Waals surface area contributed by atoms with Crippen LogP contribution in [0.1, 0.15) is 17.2 Å². The monoisotopic (exact) mass is 288 g/mol. The minimum atomic E-state index is 0.796. The van der Waals surface area contributed by atoms with Gasteiger partial charge in [0.2, 0.25) is 0 Å². The van der Waals surface area contributed by atoms with Crippen molar-refractivity contribution in [2.45, 2.75) is 20.8 Å². The van der Waals surface area contributed by atoms with Crippen molar-refractivity contribution in [1.82, 2.24) is 19.6 Å². The Hall–Kier alpha value is -0.720. The summed E-state index contributed by atoms with van der Waals surface area (Å²) in [5, 5.41) is 4.33. The van der Waals surface area contributed by atoms with E-state index in [-0.39, 0.29) is 0 Å². The lowest BCUT2D eigenvalue weighted by Gasteiger charge is -1.98. The molecule has 2 aromatic rings. The molecule has 0 saturated heterocycles. The van der Waals surface area contributed by atoms with Crippen LogP contribution < -0.4 is 0 Å². The average Bonchev–Trinajstić information content (AvgIpc) is 2.32. The molecule has 0 aliphatic heterocycles. The third kappa shape index (κ3) is 1.31. The predicted molar refractivity (Wildman–Crippen MR) is 57.7 cm³/mol. The Bertz CT molecular complexity index is 474. The Morgan fingerprint density at radius 2 is 1.85 bits per heavy atom. The van der Waals surface area contributed by atoms with Gasteiger partial charge in [-0.1, -0.05) is 0 Å². The van der Waals surface area contributed by atoms with Crippen molar-refractivity contribution in [3.8, 4) is 0 Å². The lowest BCUT2D eigenvalue weighted by atomic mass is 10.4. The number of nitrogens with zero attached hydrogens (tertiary/aromatic N) is 4. The van der Waals surface area contributed by atoms with E-state index in [2.05, 4.69) is 37.7 Å². The average molecular weight is 288 g/mol. The van der Waals surface area contributed by atoms with Crippen LogP contribution in [-0.2, 0) is 0 Å². The zero-order valence-electron chi connectivity index (χ0n) is 7.67. The van der Waals surface area contributed by atoms with E-state index in [0.29, 0.717) is 0 Å². The summed E-state index contributed by atoms with van der Waals surface area (Å²) in [7, 11) is 0. The smallest absolute Gasteiger partial charge is 0.163 e. The van der Waals surface area contributed by atoms with E-state index in [1.54, 1.807) is 4.52 Å². The van der Waals surface area contributed by atoms with E-state index in [0.717, 1.165) is 26.6 Å². The standard InChI is InChI=1S/C8H9IN4/c1-4-7(9)12-13-6(3)10-5(2)11-8(4)13/h1-3H3. The maximum absolute atomic E-state index is 4.34. The van der Waals surface area contributed by atoms with E-state index in [4.69, 9.17) is 0 Å². The Morgan fingerprint density at radius 3 is 2.54 bits per heavy atom. The van der Waals surface area contributed by atoms with E-state index in [1.807, 2.05) is 20.8 Å². The molecule has 2 rings (SSSR count). The van der Waals surface area contributed by atoms with E-state index >= 15 is 0 Å². The summed E-state index contributed by atoms with van der Waals surface area (Å²) in [4.78, 5) is 8.58. The number of halogens is 1. The van der Waals surface area contributed by atoms with Gasteiger partial charge >= 0.3 is 0 Å². The number of hydrogen-bond donors (Lipinski definition) is 0.